The highest BCUT2D eigenvalue weighted by Crippen LogP contribution is 2.28. The van der Waals surface area contributed by atoms with Crippen molar-refractivity contribution in [3.63, 3.8) is 0 Å². The predicted molar refractivity (Wildman–Crippen MR) is 138 cm³/mol. The summed E-state index contributed by atoms with van der Waals surface area (Å²) in [6, 6.07) is 8.33. The largest absolute Gasteiger partial charge is 0.298 e. The average Bonchev–Trinajstić information content (AvgIpc) is 2.69. The average molecular weight is 422 g/mol. The monoisotopic (exact) mass is 421 g/mol. The van der Waals surface area contributed by atoms with Crippen LogP contribution >= 0.6 is 0 Å². The Bertz CT molecular complexity index is 405. The van der Waals surface area contributed by atoms with Crippen LogP contribution in [0.3, 0.4) is 0 Å². The van der Waals surface area contributed by atoms with E-state index < -0.39 is 16.1 Å². The first-order valence-corrected chi connectivity index (χ1v) is 17.7. The van der Waals surface area contributed by atoms with Crippen molar-refractivity contribution in [2.45, 2.75) is 122 Å². The van der Waals surface area contributed by atoms with Gasteiger partial charge < -0.3 is 0 Å². The second-order valence-electron chi connectivity index (χ2n) is 8.94. The fraction of sp³-hybridized carbons (Fsp3) is 0.800. The summed E-state index contributed by atoms with van der Waals surface area (Å²) >= 11 is 0. The van der Waals surface area contributed by atoms with E-state index in [9.17, 15) is 0 Å². The Morgan fingerprint density at radius 3 is 1.57 bits per heavy atom. The molecule has 0 saturated carbocycles. The summed E-state index contributed by atoms with van der Waals surface area (Å²) < 4.78 is 0. The van der Waals surface area contributed by atoms with Gasteiger partial charge in [-0.1, -0.05) is 109 Å². The minimum absolute atomic E-state index is 1.02. The maximum atomic E-state index is 4.74. The van der Waals surface area contributed by atoms with Gasteiger partial charge in [-0.05, 0) is 18.7 Å². The number of aliphatic imine (C=N–C) groups is 1. The van der Waals surface area contributed by atoms with Gasteiger partial charge in [0.2, 0.25) is 0 Å². The van der Waals surface area contributed by atoms with Crippen molar-refractivity contribution in [1.29, 1.82) is 0 Å². The first-order valence-electron chi connectivity index (χ1n) is 12.3. The molecule has 0 fully saturated rings. The topological polar surface area (TPSA) is 12.4 Å². The summed E-state index contributed by atoms with van der Waals surface area (Å²) in [5.41, 5.74) is 4.73. The summed E-state index contributed by atoms with van der Waals surface area (Å²) in [6.45, 7) is 18.7. The molecule has 0 unspecified atom stereocenters. The zero-order valence-electron chi connectivity index (χ0n) is 19.9. The SMILES string of the molecule is C=C[Si](CC=NCCCCCCC[Si](C=C)(CCC)CCC)(CCC)CCC. The van der Waals surface area contributed by atoms with Gasteiger partial charge in [-0.2, -0.15) is 0 Å². The highest BCUT2D eigenvalue weighted by atomic mass is 28.3. The van der Waals surface area contributed by atoms with Gasteiger partial charge in [-0.3, -0.25) is 4.99 Å². The Morgan fingerprint density at radius 2 is 1.07 bits per heavy atom. The molecule has 0 saturated heterocycles. The van der Waals surface area contributed by atoms with Crippen LogP contribution < -0.4 is 0 Å². The van der Waals surface area contributed by atoms with E-state index >= 15 is 0 Å². The van der Waals surface area contributed by atoms with E-state index in [4.69, 9.17) is 4.99 Å². The molecule has 164 valence electrons. The van der Waals surface area contributed by atoms with E-state index in [-0.39, 0.29) is 0 Å². The summed E-state index contributed by atoms with van der Waals surface area (Å²) in [6.07, 6.45) is 14.3. The number of hydrogen-bond acceptors (Lipinski definition) is 1. The first kappa shape index (κ1) is 27.6. The fourth-order valence-electron chi connectivity index (χ4n) is 4.84. The van der Waals surface area contributed by atoms with Crippen LogP contribution in [0.5, 0.6) is 0 Å². The van der Waals surface area contributed by atoms with E-state index in [1.165, 1.54) is 94.1 Å². The molecule has 1 nitrogen and oxygen atoms in total. The Hall–Kier alpha value is -0.416. The number of hydrogen-bond donors (Lipinski definition) is 0. The van der Waals surface area contributed by atoms with Gasteiger partial charge in [0.25, 0.3) is 0 Å². The van der Waals surface area contributed by atoms with Crippen LogP contribution in [-0.2, 0) is 0 Å². The van der Waals surface area contributed by atoms with Gasteiger partial charge >= 0.3 is 0 Å². The number of unbranched alkanes of at least 4 members (excludes halogenated alkanes) is 4. The molecule has 0 rings (SSSR count). The van der Waals surface area contributed by atoms with E-state index in [2.05, 4.69) is 58.5 Å². The molecule has 0 aromatic carbocycles. The summed E-state index contributed by atoms with van der Waals surface area (Å²) in [4.78, 5) is 4.74. The van der Waals surface area contributed by atoms with Gasteiger partial charge in [0.1, 0.15) is 0 Å². The molecular formula is C25H51NSi2. The smallest absolute Gasteiger partial charge is 0.0822 e. The fourth-order valence-corrected chi connectivity index (χ4v) is 12.9. The highest BCUT2D eigenvalue weighted by molar-refractivity contribution is 6.86. The molecule has 0 aromatic heterocycles. The predicted octanol–water partition coefficient (Wildman–Crippen LogP) is 9.00. The van der Waals surface area contributed by atoms with Gasteiger partial charge in [0, 0.05) is 6.54 Å². The standard InChI is InChI=1S/C25H51NSi2/c1-7-20-27(11-5,21-8-2)24-17-15-13-14-16-18-26-19-25-28(12-6,22-9-3)23-10-4/h11-12,19H,5-10,13-18,20-25H2,1-4H3. The van der Waals surface area contributed by atoms with Crippen LogP contribution in [-0.4, -0.2) is 28.9 Å². The summed E-state index contributed by atoms with van der Waals surface area (Å²) in [5.74, 6) is 0. The van der Waals surface area contributed by atoms with E-state index in [1.807, 2.05) is 0 Å². The van der Waals surface area contributed by atoms with Gasteiger partial charge in [0.15, 0.2) is 0 Å². The maximum absolute atomic E-state index is 4.74. The highest BCUT2D eigenvalue weighted by Gasteiger charge is 2.27. The molecule has 0 amide bonds. The second-order valence-corrected chi connectivity index (χ2v) is 18.1. The molecule has 0 aliphatic rings. The lowest BCUT2D eigenvalue weighted by Crippen LogP contribution is -2.31. The molecule has 0 atom stereocenters. The lowest BCUT2D eigenvalue weighted by molar-refractivity contribution is 0.635. The molecule has 0 bridgehead atoms. The lowest BCUT2D eigenvalue weighted by atomic mass is 10.1. The molecule has 0 N–H and O–H groups in total. The number of nitrogens with zero attached hydrogens (tertiary/aromatic N) is 1. The second kappa shape index (κ2) is 17.4. The van der Waals surface area contributed by atoms with Crippen LogP contribution in [0.15, 0.2) is 29.5 Å². The molecule has 0 heterocycles. The molecule has 0 radical (unpaired) electrons. The molecule has 0 aromatic rings. The van der Waals surface area contributed by atoms with Crippen LogP contribution in [0.4, 0.5) is 0 Å². The molecule has 3 heteroatoms. The maximum Gasteiger partial charge on any atom is 0.0822 e. The van der Waals surface area contributed by atoms with E-state index in [0.29, 0.717) is 0 Å². The van der Waals surface area contributed by atoms with Gasteiger partial charge in [-0.25, -0.2) is 0 Å². The summed E-state index contributed by atoms with van der Waals surface area (Å²) in [5, 5.41) is 0. The number of rotatable bonds is 20. The Balaban J connectivity index is 4.00. The van der Waals surface area contributed by atoms with Crippen molar-refractivity contribution in [3.05, 3.63) is 24.6 Å². The molecule has 0 spiro atoms. The minimum Gasteiger partial charge on any atom is -0.298 e. The van der Waals surface area contributed by atoms with Crippen molar-refractivity contribution >= 4 is 22.4 Å². The van der Waals surface area contributed by atoms with Crippen LogP contribution in [0.25, 0.3) is 0 Å². The molecular weight excluding hydrogens is 370 g/mol. The van der Waals surface area contributed by atoms with E-state index in [0.717, 1.165) is 6.54 Å². The summed E-state index contributed by atoms with van der Waals surface area (Å²) in [7, 11) is -2.44. The van der Waals surface area contributed by atoms with Crippen molar-refractivity contribution in [2.24, 2.45) is 4.99 Å². The van der Waals surface area contributed by atoms with Crippen molar-refractivity contribution in [2.75, 3.05) is 6.54 Å². The quantitative estimate of drug-likeness (QED) is 0.106. The Kier molecular flexibility index (Phi) is 17.2. The van der Waals surface area contributed by atoms with Crippen LogP contribution in [0.1, 0.15) is 85.5 Å². The normalized spacial score (nSPS) is 12.6. The van der Waals surface area contributed by atoms with Gasteiger partial charge in [0.05, 0.1) is 16.1 Å². The third-order valence-electron chi connectivity index (χ3n) is 6.45. The zero-order chi connectivity index (χ0) is 21.1. The van der Waals surface area contributed by atoms with Crippen LogP contribution in [0, 0.1) is 0 Å². The lowest BCUT2D eigenvalue weighted by Gasteiger charge is -2.27. The van der Waals surface area contributed by atoms with Gasteiger partial charge in [-0.15, -0.1) is 24.6 Å². The van der Waals surface area contributed by atoms with Crippen molar-refractivity contribution < 1.29 is 0 Å². The minimum atomic E-state index is -1.28. The third-order valence-corrected chi connectivity index (χ3v) is 16.5. The van der Waals surface area contributed by atoms with Crippen LogP contribution in [0.2, 0.25) is 36.3 Å². The van der Waals surface area contributed by atoms with E-state index in [1.54, 1.807) is 0 Å². The molecule has 0 aliphatic heterocycles. The zero-order valence-corrected chi connectivity index (χ0v) is 21.9. The Morgan fingerprint density at radius 1 is 0.607 bits per heavy atom. The van der Waals surface area contributed by atoms with Crippen molar-refractivity contribution in [1.82, 2.24) is 0 Å². The van der Waals surface area contributed by atoms with Crippen molar-refractivity contribution in [3.8, 4) is 0 Å². The third kappa shape index (κ3) is 11.6. The Labute approximate surface area is 180 Å². The first-order chi connectivity index (χ1) is 13.6. The molecule has 0 aliphatic carbocycles. The molecule has 28 heavy (non-hydrogen) atoms.